The summed E-state index contributed by atoms with van der Waals surface area (Å²) < 4.78 is 0. The van der Waals surface area contributed by atoms with Gasteiger partial charge in [0.1, 0.15) is 0 Å². The van der Waals surface area contributed by atoms with Crippen molar-refractivity contribution in [2.75, 3.05) is 0 Å². The molecule has 0 atom stereocenters. The smallest absolute Gasteiger partial charge is 0.0752 e. The van der Waals surface area contributed by atoms with Crippen molar-refractivity contribution in [3.8, 4) is 0 Å². The molecule has 0 saturated carbocycles. The molecular formula is C28H18N4S2. The molecule has 2 aliphatic heterocycles. The summed E-state index contributed by atoms with van der Waals surface area (Å²) in [7, 11) is 0. The molecule has 0 unspecified atom stereocenters. The third-order valence-corrected chi connectivity index (χ3v) is 7.65. The highest BCUT2D eigenvalue weighted by molar-refractivity contribution is 7.12. The maximum atomic E-state index is 5.15. The molecule has 0 aliphatic carbocycles. The second-order valence-corrected chi connectivity index (χ2v) is 10.1. The highest BCUT2D eigenvalue weighted by Gasteiger charge is 2.24. The Morgan fingerprint density at radius 2 is 1.06 bits per heavy atom. The van der Waals surface area contributed by atoms with Crippen LogP contribution in [0.5, 0.6) is 0 Å². The summed E-state index contributed by atoms with van der Waals surface area (Å²) >= 11 is 3.48. The van der Waals surface area contributed by atoms with Gasteiger partial charge in [0, 0.05) is 43.0 Å². The first-order chi connectivity index (χ1) is 16.8. The van der Waals surface area contributed by atoms with E-state index in [1.54, 1.807) is 22.7 Å². The number of thiophene rings is 2. The second kappa shape index (κ2) is 7.80. The summed E-state index contributed by atoms with van der Waals surface area (Å²) in [4.78, 5) is 19.4. The quantitative estimate of drug-likeness (QED) is 0.271. The maximum absolute atomic E-state index is 5.15. The van der Waals surface area contributed by atoms with Crippen LogP contribution in [0.1, 0.15) is 32.5 Å². The highest BCUT2D eigenvalue weighted by atomic mass is 32.1. The molecule has 162 valence electrons. The molecule has 8 bridgehead atoms. The molecule has 2 aliphatic rings. The molecule has 0 aromatic carbocycles. The Hall–Kier alpha value is -4.00. The summed E-state index contributed by atoms with van der Waals surface area (Å²) in [6.07, 6.45) is 4.10. The van der Waals surface area contributed by atoms with Crippen LogP contribution in [0, 0.1) is 0 Å². The molecule has 2 N–H and O–H groups in total. The average Bonchev–Trinajstić information content (AvgIpc) is 3.65. The zero-order chi connectivity index (χ0) is 22.5. The van der Waals surface area contributed by atoms with E-state index in [2.05, 4.69) is 99.6 Å². The molecule has 0 radical (unpaired) electrons. The molecule has 5 aromatic heterocycles. The Morgan fingerprint density at radius 1 is 0.529 bits per heavy atom. The largest absolute Gasteiger partial charge is 0.355 e. The minimum atomic E-state index is 0.901. The molecular weight excluding hydrogens is 456 g/mol. The molecule has 0 fully saturated rings. The first kappa shape index (κ1) is 19.5. The molecule has 0 spiro atoms. The third kappa shape index (κ3) is 3.44. The third-order valence-electron chi connectivity index (χ3n) is 5.87. The van der Waals surface area contributed by atoms with Gasteiger partial charge in [-0.1, -0.05) is 12.1 Å². The Morgan fingerprint density at radius 3 is 1.65 bits per heavy atom. The van der Waals surface area contributed by atoms with Crippen molar-refractivity contribution in [2.24, 2.45) is 0 Å². The molecule has 0 saturated heterocycles. The standard InChI is InChI=1S/C28H18N4S2/c1-3-25(33-11-1)27-23-15-21-9-7-19(30-21)13-17-5-6-18(29-17)14-20-8-10-22(31-20)16-24(32-23)28(27)26-4-2-12-34-26/h1-16,29-30H. The van der Waals surface area contributed by atoms with Gasteiger partial charge in [0.25, 0.3) is 0 Å². The average molecular weight is 475 g/mol. The number of H-pyrrole nitrogens is 2. The van der Waals surface area contributed by atoms with Crippen LogP contribution in [0.25, 0.3) is 45.4 Å². The summed E-state index contributed by atoms with van der Waals surface area (Å²) in [6.45, 7) is 0. The van der Waals surface area contributed by atoms with Gasteiger partial charge in [-0.3, -0.25) is 0 Å². The molecule has 0 amide bonds. The van der Waals surface area contributed by atoms with Gasteiger partial charge >= 0.3 is 0 Å². The van der Waals surface area contributed by atoms with Crippen LogP contribution in [0.2, 0.25) is 0 Å². The van der Waals surface area contributed by atoms with E-state index < -0.39 is 0 Å². The van der Waals surface area contributed by atoms with Crippen molar-refractivity contribution in [1.29, 1.82) is 0 Å². The van der Waals surface area contributed by atoms with E-state index >= 15 is 0 Å². The lowest BCUT2D eigenvalue weighted by molar-refractivity contribution is 1.27. The van der Waals surface area contributed by atoms with E-state index in [0.29, 0.717) is 0 Å². The van der Waals surface area contributed by atoms with Crippen LogP contribution in [0.15, 0.2) is 83.6 Å². The topological polar surface area (TPSA) is 57.4 Å². The zero-order valence-electron chi connectivity index (χ0n) is 17.9. The van der Waals surface area contributed by atoms with E-state index in [1.165, 1.54) is 15.3 Å². The fraction of sp³-hybridized carbons (Fsp3) is 0. The fourth-order valence-corrected chi connectivity index (χ4v) is 5.98. The fourth-order valence-electron chi connectivity index (χ4n) is 4.41. The van der Waals surface area contributed by atoms with Gasteiger partial charge in [-0.25, -0.2) is 9.97 Å². The van der Waals surface area contributed by atoms with E-state index in [4.69, 9.17) is 9.97 Å². The van der Waals surface area contributed by atoms with Gasteiger partial charge < -0.3 is 9.97 Å². The molecule has 4 nitrogen and oxygen atoms in total. The lowest BCUT2D eigenvalue weighted by Gasteiger charge is -2.04. The van der Waals surface area contributed by atoms with Crippen molar-refractivity contribution >= 4 is 68.0 Å². The highest BCUT2D eigenvalue weighted by Crippen LogP contribution is 2.42. The lowest BCUT2D eigenvalue weighted by atomic mass is 10.0. The van der Waals surface area contributed by atoms with E-state index in [1.807, 2.05) is 6.08 Å². The summed E-state index contributed by atoms with van der Waals surface area (Å²) in [5, 5.41) is 4.24. The van der Waals surface area contributed by atoms with Crippen LogP contribution >= 0.6 is 22.7 Å². The Kier molecular flexibility index (Phi) is 4.46. The number of aromatic nitrogens is 4. The van der Waals surface area contributed by atoms with E-state index in [0.717, 1.165) is 50.4 Å². The van der Waals surface area contributed by atoms with E-state index in [-0.39, 0.29) is 0 Å². The number of nitrogens with one attached hydrogen (secondary N) is 2. The van der Waals surface area contributed by atoms with Crippen LogP contribution in [-0.4, -0.2) is 19.9 Å². The van der Waals surface area contributed by atoms with Gasteiger partial charge in [-0.15, -0.1) is 22.7 Å². The summed E-state index contributed by atoms with van der Waals surface area (Å²) in [5.41, 5.74) is 10.2. The zero-order valence-corrected chi connectivity index (χ0v) is 19.6. The van der Waals surface area contributed by atoms with Gasteiger partial charge in [0.2, 0.25) is 0 Å². The Balaban J connectivity index is 1.60. The lowest BCUT2D eigenvalue weighted by Crippen LogP contribution is -1.86. The van der Waals surface area contributed by atoms with Crippen LogP contribution in [0.4, 0.5) is 0 Å². The molecule has 5 aromatic rings. The molecule has 6 heteroatoms. The van der Waals surface area contributed by atoms with Crippen molar-refractivity contribution in [2.45, 2.75) is 0 Å². The number of rotatable bonds is 2. The number of hydrogen-bond donors (Lipinski definition) is 2. The number of fused-ring (bicyclic) bond motifs is 8. The van der Waals surface area contributed by atoms with Crippen molar-refractivity contribution in [3.63, 3.8) is 0 Å². The predicted molar refractivity (Wildman–Crippen MR) is 144 cm³/mol. The maximum Gasteiger partial charge on any atom is 0.0752 e. The number of aromatic amines is 2. The Bertz CT molecular complexity index is 1750. The predicted octanol–water partition coefficient (Wildman–Crippen LogP) is 7.62. The van der Waals surface area contributed by atoms with Gasteiger partial charge in [-0.05, 0) is 83.6 Å². The number of hydrogen-bond acceptors (Lipinski definition) is 4. The monoisotopic (exact) mass is 474 g/mol. The normalized spacial score (nSPS) is 13.1. The van der Waals surface area contributed by atoms with Crippen LogP contribution in [-0.2, 0) is 0 Å². The SMILES string of the molecule is C1=Cc2cc3ccc(cc4ccc(cc5nc(cc1n2)C(c1cccs1)=C5c1cccs1)[nH]4)[nH]3. The first-order valence-electron chi connectivity index (χ1n) is 11.0. The first-order valence-corrected chi connectivity index (χ1v) is 12.7. The summed E-state index contributed by atoms with van der Waals surface area (Å²) in [6, 6.07) is 25.3. The van der Waals surface area contributed by atoms with E-state index in [9.17, 15) is 0 Å². The van der Waals surface area contributed by atoms with Crippen LogP contribution in [0.3, 0.4) is 0 Å². The molecule has 34 heavy (non-hydrogen) atoms. The van der Waals surface area contributed by atoms with Crippen molar-refractivity contribution < 1.29 is 0 Å². The second-order valence-electron chi connectivity index (χ2n) is 8.20. The molecule has 7 heterocycles. The van der Waals surface area contributed by atoms with Gasteiger partial charge in [0.05, 0.1) is 22.8 Å². The minimum Gasteiger partial charge on any atom is -0.355 e. The molecule has 7 rings (SSSR count). The minimum absolute atomic E-state index is 0.901. The van der Waals surface area contributed by atoms with Crippen molar-refractivity contribution in [1.82, 2.24) is 19.9 Å². The van der Waals surface area contributed by atoms with Gasteiger partial charge in [0.15, 0.2) is 0 Å². The Labute approximate surface area is 203 Å². The van der Waals surface area contributed by atoms with Gasteiger partial charge in [-0.2, -0.15) is 0 Å². The summed E-state index contributed by atoms with van der Waals surface area (Å²) in [5.74, 6) is 0. The van der Waals surface area contributed by atoms with Crippen LogP contribution < -0.4 is 0 Å². The number of nitrogens with zero attached hydrogens (tertiary/aromatic N) is 2. The van der Waals surface area contributed by atoms with Crippen molar-refractivity contribution in [3.05, 3.63) is 116 Å².